The van der Waals surface area contributed by atoms with Gasteiger partial charge in [0.25, 0.3) is 0 Å². The van der Waals surface area contributed by atoms with Crippen LogP contribution in [0.2, 0.25) is 0 Å². The minimum atomic E-state index is -0.160. The van der Waals surface area contributed by atoms with Crippen molar-refractivity contribution in [2.45, 2.75) is 39.7 Å². The molecule has 2 heterocycles. The van der Waals surface area contributed by atoms with Crippen LogP contribution in [0.15, 0.2) is 30.6 Å². The number of ether oxygens (including phenoxy) is 1. The van der Waals surface area contributed by atoms with Crippen LogP contribution in [0, 0.1) is 0 Å². The molecule has 1 amide bonds. The number of ketones is 1. The van der Waals surface area contributed by atoms with Crippen LogP contribution >= 0.6 is 0 Å². The van der Waals surface area contributed by atoms with E-state index < -0.39 is 0 Å². The number of hydrogen-bond acceptors (Lipinski definition) is 6. The van der Waals surface area contributed by atoms with Gasteiger partial charge in [0.05, 0.1) is 6.04 Å². The SMILES string of the molecule is CC.CN/C=C(/C(C)=O)c1cc2c(OCC3CCC(=O)N3)nccc2cc1C=O. The van der Waals surface area contributed by atoms with Gasteiger partial charge in [0.15, 0.2) is 12.1 Å². The van der Waals surface area contributed by atoms with Crippen LogP contribution < -0.4 is 15.4 Å². The third kappa shape index (κ3) is 5.19. The molecule has 0 saturated carbocycles. The van der Waals surface area contributed by atoms with Gasteiger partial charge in [-0.05, 0) is 42.5 Å². The topological polar surface area (TPSA) is 97.4 Å². The number of amides is 1. The molecule has 3 rings (SSSR count). The number of pyridine rings is 1. The van der Waals surface area contributed by atoms with Gasteiger partial charge in [0, 0.05) is 42.4 Å². The molecule has 1 aliphatic heterocycles. The van der Waals surface area contributed by atoms with Gasteiger partial charge < -0.3 is 15.4 Å². The number of Topliss-reactive ketones (excluding diaryl/α,β-unsaturated/α-hetero) is 1. The predicted molar refractivity (Wildman–Crippen MR) is 113 cm³/mol. The second-order valence-electron chi connectivity index (χ2n) is 6.41. The highest BCUT2D eigenvalue weighted by atomic mass is 16.5. The number of aromatic nitrogens is 1. The standard InChI is InChI=1S/C20H21N3O4.C2H6/c1-12(25)18(9-21-2)16-8-17-13(7-14(16)10-24)5-6-22-20(17)27-11-15-3-4-19(26)23-15;1-2/h5-10,15,21H,3-4,11H2,1-2H3,(H,23,26);1-2H3/b18-9-;. The Balaban J connectivity index is 0.00000145. The first-order valence-corrected chi connectivity index (χ1v) is 9.72. The maximum Gasteiger partial charge on any atom is 0.221 e. The van der Waals surface area contributed by atoms with Gasteiger partial charge in [-0.15, -0.1) is 0 Å². The van der Waals surface area contributed by atoms with Crippen molar-refractivity contribution in [1.29, 1.82) is 0 Å². The summed E-state index contributed by atoms with van der Waals surface area (Å²) in [4.78, 5) is 39.2. The highest BCUT2D eigenvalue weighted by Gasteiger charge is 2.22. The van der Waals surface area contributed by atoms with E-state index in [4.69, 9.17) is 4.74 Å². The second-order valence-corrected chi connectivity index (χ2v) is 6.41. The molecule has 7 heteroatoms. The van der Waals surface area contributed by atoms with Crippen molar-refractivity contribution in [3.05, 3.63) is 41.7 Å². The summed E-state index contributed by atoms with van der Waals surface area (Å²) in [7, 11) is 1.69. The first-order valence-electron chi connectivity index (χ1n) is 9.72. The summed E-state index contributed by atoms with van der Waals surface area (Å²) in [5.74, 6) is 0.266. The zero-order valence-corrected chi connectivity index (χ0v) is 17.2. The first kappa shape index (κ1) is 22.1. The fraction of sp³-hybridized carbons (Fsp3) is 0.364. The molecule has 1 atom stereocenters. The fourth-order valence-electron chi connectivity index (χ4n) is 3.15. The molecule has 0 bridgehead atoms. The summed E-state index contributed by atoms with van der Waals surface area (Å²) in [6.45, 7) is 5.76. The molecule has 1 aromatic carbocycles. The molecule has 0 spiro atoms. The number of carbonyl (C=O) groups excluding carboxylic acids is 3. The van der Waals surface area contributed by atoms with Gasteiger partial charge in [-0.3, -0.25) is 14.4 Å². The Morgan fingerprint density at radius 3 is 2.72 bits per heavy atom. The van der Waals surface area contributed by atoms with Crippen LogP contribution in [0.25, 0.3) is 16.3 Å². The average molecular weight is 397 g/mol. The van der Waals surface area contributed by atoms with E-state index in [0.29, 0.717) is 41.0 Å². The first-order chi connectivity index (χ1) is 14.0. The van der Waals surface area contributed by atoms with E-state index in [0.717, 1.165) is 18.1 Å². The van der Waals surface area contributed by atoms with E-state index >= 15 is 0 Å². The van der Waals surface area contributed by atoms with Crippen molar-refractivity contribution >= 4 is 34.3 Å². The number of allylic oxidation sites excluding steroid dienone is 1. The molecule has 1 saturated heterocycles. The van der Waals surface area contributed by atoms with Crippen molar-refractivity contribution < 1.29 is 19.1 Å². The molecule has 29 heavy (non-hydrogen) atoms. The summed E-state index contributed by atoms with van der Waals surface area (Å²) in [5, 5.41) is 7.18. The maximum atomic E-state index is 12.0. The van der Waals surface area contributed by atoms with Gasteiger partial charge in [0.1, 0.15) is 6.61 Å². The highest BCUT2D eigenvalue weighted by Crippen LogP contribution is 2.30. The molecule has 1 unspecified atom stereocenters. The van der Waals surface area contributed by atoms with Gasteiger partial charge in [0.2, 0.25) is 11.8 Å². The van der Waals surface area contributed by atoms with Crippen molar-refractivity contribution in [2.75, 3.05) is 13.7 Å². The molecule has 1 aromatic heterocycles. The number of nitrogens with zero attached hydrogens (tertiary/aromatic N) is 1. The molecule has 7 nitrogen and oxygen atoms in total. The van der Waals surface area contributed by atoms with Gasteiger partial charge in [-0.25, -0.2) is 4.98 Å². The van der Waals surface area contributed by atoms with E-state index in [1.807, 2.05) is 13.8 Å². The summed E-state index contributed by atoms with van der Waals surface area (Å²) < 4.78 is 5.85. The van der Waals surface area contributed by atoms with Crippen LogP contribution in [-0.2, 0) is 9.59 Å². The monoisotopic (exact) mass is 397 g/mol. The summed E-state index contributed by atoms with van der Waals surface area (Å²) in [6, 6.07) is 5.21. The number of aldehydes is 1. The fourth-order valence-corrected chi connectivity index (χ4v) is 3.15. The number of hydrogen-bond donors (Lipinski definition) is 2. The van der Waals surface area contributed by atoms with Crippen LogP contribution in [-0.4, -0.2) is 42.7 Å². The third-order valence-corrected chi connectivity index (χ3v) is 4.49. The Morgan fingerprint density at radius 1 is 1.38 bits per heavy atom. The van der Waals surface area contributed by atoms with Gasteiger partial charge in [-0.2, -0.15) is 0 Å². The number of fused-ring (bicyclic) bond motifs is 1. The van der Waals surface area contributed by atoms with Crippen LogP contribution in [0.5, 0.6) is 5.88 Å². The molecule has 154 valence electrons. The largest absolute Gasteiger partial charge is 0.475 e. The Hall–Kier alpha value is -3.22. The Labute approximate surface area is 170 Å². The molecule has 2 aromatic rings. The summed E-state index contributed by atoms with van der Waals surface area (Å²) in [5.41, 5.74) is 1.34. The molecule has 0 radical (unpaired) electrons. The van der Waals surface area contributed by atoms with Crippen LogP contribution in [0.1, 0.15) is 49.5 Å². The summed E-state index contributed by atoms with van der Waals surface area (Å²) >= 11 is 0. The molecule has 1 aliphatic rings. The van der Waals surface area contributed by atoms with Crippen molar-refractivity contribution in [3.63, 3.8) is 0 Å². The minimum absolute atomic E-state index is 0.0238. The molecule has 2 N–H and O–H groups in total. The van der Waals surface area contributed by atoms with Crippen LogP contribution in [0.3, 0.4) is 0 Å². The predicted octanol–water partition coefficient (Wildman–Crippen LogP) is 2.88. The van der Waals surface area contributed by atoms with E-state index in [9.17, 15) is 14.4 Å². The number of rotatable bonds is 7. The molecule has 0 aliphatic carbocycles. The Kier molecular flexibility index (Phi) is 7.88. The zero-order chi connectivity index (χ0) is 21.4. The van der Waals surface area contributed by atoms with E-state index in [1.54, 1.807) is 37.6 Å². The average Bonchev–Trinajstić information content (AvgIpc) is 3.15. The van der Waals surface area contributed by atoms with E-state index in [2.05, 4.69) is 15.6 Å². The normalized spacial score (nSPS) is 15.9. The van der Waals surface area contributed by atoms with Gasteiger partial charge >= 0.3 is 0 Å². The zero-order valence-electron chi connectivity index (χ0n) is 17.2. The molecular weight excluding hydrogens is 370 g/mol. The highest BCUT2D eigenvalue weighted by molar-refractivity contribution is 6.21. The van der Waals surface area contributed by atoms with E-state index in [-0.39, 0.29) is 17.7 Å². The Morgan fingerprint density at radius 2 is 2.14 bits per heavy atom. The summed E-state index contributed by atoms with van der Waals surface area (Å²) in [6.07, 6.45) is 5.14. The third-order valence-electron chi connectivity index (χ3n) is 4.49. The maximum absolute atomic E-state index is 12.0. The number of carbonyl (C=O) groups is 3. The van der Waals surface area contributed by atoms with Crippen molar-refractivity contribution in [2.24, 2.45) is 0 Å². The van der Waals surface area contributed by atoms with Gasteiger partial charge in [-0.1, -0.05) is 13.8 Å². The van der Waals surface area contributed by atoms with Crippen molar-refractivity contribution in [3.8, 4) is 5.88 Å². The number of benzene rings is 1. The second kappa shape index (κ2) is 10.4. The lowest BCUT2D eigenvalue weighted by molar-refractivity contribution is -0.119. The molecular formula is C22H27N3O4. The lowest BCUT2D eigenvalue weighted by atomic mass is 9.95. The van der Waals surface area contributed by atoms with Crippen molar-refractivity contribution in [1.82, 2.24) is 15.6 Å². The Bertz CT molecular complexity index is 937. The van der Waals surface area contributed by atoms with E-state index in [1.165, 1.54) is 6.92 Å². The van der Waals surface area contributed by atoms with Crippen LogP contribution in [0.4, 0.5) is 0 Å². The quantitative estimate of drug-likeness (QED) is 0.551. The lowest BCUT2D eigenvalue weighted by Crippen LogP contribution is -2.31. The molecule has 1 fully saturated rings. The minimum Gasteiger partial charge on any atom is -0.475 e. The smallest absolute Gasteiger partial charge is 0.221 e. The number of nitrogens with one attached hydrogen (secondary N) is 2. The lowest BCUT2D eigenvalue weighted by Gasteiger charge is -2.14.